The fraction of sp³-hybridized carbons (Fsp3) is 0.529. The van der Waals surface area contributed by atoms with E-state index in [-0.39, 0.29) is 24.1 Å². The first kappa shape index (κ1) is 15.9. The highest BCUT2D eigenvalue weighted by molar-refractivity contribution is 5.89. The minimum atomic E-state index is -0.652. The zero-order valence-electron chi connectivity index (χ0n) is 13.1. The molecule has 0 bridgehead atoms. The molecule has 0 radical (unpaired) electrons. The summed E-state index contributed by atoms with van der Waals surface area (Å²) in [5.74, 6) is -0.351. The van der Waals surface area contributed by atoms with E-state index in [2.05, 4.69) is 0 Å². The second-order valence-corrected chi connectivity index (χ2v) is 6.49. The van der Waals surface area contributed by atoms with Crippen molar-refractivity contribution in [2.75, 3.05) is 26.2 Å². The molecule has 0 atom stereocenters. The number of carbonyl (C=O) groups is 2. The molecular formula is C17H22FN3O2. The van der Waals surface area contributed by atoms with E-state index in [0.29, 0.717) is 31.7 Å². The standard InChI is InChI=1S/C17H22FN3O2/c18-14-4-1-3-13(11-14)12-15(22)20-7-2-8-21(10-9-20)16(23)17(19)5-6-17/h1,3-4,11H,2,5-10,12,19H2. The Hall–Kier alpha value is -1.95. The van der Waals surface area contributed by atoms with Crippen LogP contribution in [-0.2, 0) is 16.0 Å². The number of benzene rings is 1. The summed E-state index contributed by atoms with van der Waals surface area (Å²) >= 11 is 0. The van der Waals surface area contributed by atoms with E-state index in [1.165, 1.54) is 12.1 Å². The number of nitrogens with zero attached hydrogens (tertiary/aromatic N) is 2. The van der Waals surface area contributed by atoms with E-state index >= 15 is 0 Å². The van der Waals surface area contributed by atoms with Crippen LogP contribution in [0.4, 0.5) is 4.39 Å². The topological polar surface area (TPSA) is 66.6 Å². The lowest BCUT2D eigenvalue weighted by atomic mass is 10.1. The Bertz CT molecular complexity index is 616. The van der Waals surface area contributed by atoms with Crippen molar-refractivity contribution in [1.29, 1.82) is 0 Å². The molecule has 1 aromatic carbocycles. The molecule has 2 amide bonds. The Morgan fingerprint density at radius 3 is 2.52 bits per heavy atom. The van der Waals surface area contributed by atoms with Crippen molar-refractivity contribution >= 4 is 11.8 Å². The Morgan fingerprint density at radius 2 is 1.83 bits per heavy atom. The molecule has 3 rings (SSSR count). The minimum Gasteiger partial charge on any atom is -0.341 e. The highest BCUT2D eigenvalue weighted by Gasteiger charge is 2.48. The van der Waals surface area contributed by atoms with Crippen molar-refractivity contribution in [3.63, 3.8) is 0 Å². The van der Waals surface area contributed by atoms with E-state index in [9.17, 15) is 14.0 Å². The van der Waals surface area contributed by atoms with Gasteiger partial charge in [0, 0.05) is 26.2 Å². The summed E-state index contributed by atoms with van der Waals surface area (Å²) in [6.45, 7) is 2.29. The molecule has 1 saturated carbocycles. The molecule has 1 aliphatic heterocycles. The average Bonchev–Trinajstić information content (AvgIpc) is 3.30. The van der Waals surface area contributed by atoms with Gasteiger partial charge in [0.05, 0.1) is 12.0 Å². The number of hydrogen-bond donors (Lipinski definition) is 1. The summed E-state index contributed by atoms with van der Waals surface area (Å²) in [6.07, 6.45) is 2.44. The van der Waals surface area contributed by atoms with Gasteiger partial charge in [-0.2, -0.15) is 0 Å². The van der Waals surface area contributed by atoms with Crippen LogP contribution >= 0.6 is 0 Å². The lowest BCUT2D eigenvalue weighted by Crippen LogP contribution is -2.47. The largest absolute Gasteiger partial charge is 0.341 e. The normalized spacial score (nSPS) is 20.1. The summed E-state index contributed by atoms with van der Waals surface area (Å²) in [5, 5.41) is 0. The smallest absolute Gasteiger partial charge is 0.242 e. The molecular weight excluding hydrogens is 297 g/mol. The predicted molar refractivity (Wildman–Crippen MR) is 84.0 cm³/mol. The number of halogens is 1. The third-order valence-electron chi connectivity index (χ3n) is 4.59. The molecule has 2 N–H and O–H groups in total. The van der Waals surface area contributed by atoms with Gasteiger partial charge in [-0.15, -0.1) is 0 Å². The van der Waals surface area contributed by atoms with Gasteiger partial charge < -0.3 is 15.5 Å². The second kappa shape index (κ2) is 6.28. The number of carbonyl (C=O) groups excluding carboxylic acids is 2. The number of rotatable bonds is 3. The highest BCUT2D eigenvalue weighted by Crippen LogP contribution is 2.34. The Labute approximate surface area is 135 Å². The van der Waals surface area contributed by atoms with E-state index in [1.54, 1.807) is 21.9 Å². The first-order valence-electron chi connectivity index (χ1n) is 8.08. The van der Waals surface area contributed by atoms with Crippen molar-refractivity contribution in [3.8, 4) is 0 Å². The van der Waals surface area contributed by atoms with E-state index in [1.807, 2.05) is 0 Å². The van der Waals surface area contributed by atoms with Gasteiger partial charge in [-0.05, 0) is 37.0 Å². The van der Waals surface area contributed by atoms with Gasteiger partial charge in [-0.25, -0.2) is 4.39 Å². The Balaban J connectivity index is 1.57. The molecule has 1 aliphatic carbocycles. The van der Waals surface area contributed by atoms with Crippen LogP contribution in [0.1, 0.15) is 24.8 Å². The molecule has 0 spiro atoms. The van der Waals surface area contributed by atoms with Gasteiger partial charge in [-0.1, -0.05) is 12.1 Å². The van der Waals surface area contributed by atoms with Gasteiger partial charge >= 0.3 is 0 Å². The highest BCUT2D eigenvalue weighted by atomic mass is 19.1. The van der Waals surface area contributed by atoms with Crippen molar-refractivity contribution < 1.29 is 14.0 Å². The summed E-state index contributed by atoms with van der Waals surface area (Å²) in [5.41, 5.74) is 6.00. The quantitative estimate of drug-likeness (QED) is 0.901. The SMILES string of the molecule is NC1(C(=O)N2CCCN(C(=O)Cc3cccc(F)c3)CC2)CC1. The van der Waals surface area contributed by atoms with Crippen molar-refractivity contribution in [2.24, 2.45) is 5.73 Å². The molecule has 5 nitrogen and oxygen atoms in total. The first-order chi connectivity index (χ1) is 11.0. The molecule has 0 unspecified atom stereocenters. The second-order valence-electron chi connectivity index (χ2n) is 6.49. The van der Waals surface area contributed by atoms with E-state index < -0.39 is 5.54 Å². The minimum absolute atomic E-state index is 0.0110. The zero-order chi connectivity index (χ0) is 16.4. The molecule has 1 saturated heterocycles. The summed E-state index contributed by atoms with van der Waals surface area (Å²) < 4.78 is 13.2. The van der Waals surface area contributed by atoms with E-state index in [0.717, 1.165) is 19.3 Å². The maximum atomic E-state index is 13.2. The van der Waals surface area contributed by atoms with Crippen LogP contribution in [0, 0.1) is 5.82 Å². The van der Waals surface area contributed by atoms with Crippen LogP contribution < -0.4 is 5.73 Å². The van der Waals surface area contributed by atoms with Gasteiger partial charge in [0.25, 0.3) is 0 Å². The van der Waals surface area contributed by atoms with Crippen LogP contribution in [0.15, 0.2) is 24.3 Å². The molecule has 2 fully saturated rings. The maximum Gasteiger partial charge on any atom is 0.242 e. The average molecular weight is 319 g/mol. The first-order valence-corrected chi connectivity index (χ1v) is 8.08. The third-order valence-corrected chi connectivity index (χ3v) is 4.59. The fourth-order valence-corrected chi connectivity index (χ4v) is 2.97. The molecule has 124 valence electrons. The zero-order valence-corrected chi connectivity index (χ0v) is 13.1. The van der Waals surface area contributed by atoms with E-state index in [4.69, 9.17) is 5.73 Å². The lowest BCUT2D eigenvalue weighted by molar-refractivity contribution is -0.134. The Morgan fingerprint density at radius 1 is 1.13 bits per heavy atom. The fourth-order valence-electron chi connectivity index (χ4n) is 2.97. The Kier molecular flexibility index (Phi) is 4.35. The van der Waals surface area contributed by atoms with Crippen LogP contribution in [0.5, 0.6) is 0 Å². The lowest BCUT2D eigenvalue weighted by Gasteiger charge is -2.24. The number of nitrogens with two attached hydrogens (primary N) is 1. The van der Waals surface area contributed by atoms with Gasteiger partial charge in [0.2, 0.25) is 11.8 Å². The predicted octanol–water partition coefficient (Wildman–Crippen LogP) is 0.920. The molecule has 1 heterocycles. The number of amides is 2. The van der Waals surface area contributed by atoms with Crippen LogP contribution in [0.25, 0.3) is 0 Å². The monoisotopic (exact) mass is 319 g/mol. The molecule has 6 heteroatoms. The van der Waals surface area contributed by atoms with Crippen LogP contribution in [0.3, 0.4) is 0 Å². The maximum absolute atomic E-state index is 13.2. The molecule has 23 heavy (non-hydrogen) atoms. The van der Waals surface area contributed by atoms with Gasteiger partial charge in [0.1, 0.15) is 5.82 Å². The van der Waals surface area contributed by atoms with Gasteiger partial charge in [0.15, 0.2) is 0 Å². The summed E-state index contributed by atoms with van der Waals surface area (Å²) in [4.78, 5) is 28.2. The molecule has 1 aromatic rings. The number of hydrogen-bond acceptors (Lipinski definition) is 3. The molecule has 0 aromatic heterocycles. The van der Waals surface area contributed by atoms with Crippen LogP contribution in [-0.4, -0.2) is 53.3 Å². The summed E-state index contributed by atoms with van der Waals surface area (Å²) in [7, 11) is 0. The van der Waals surface area contributed by atoms with Gasteiger partial charge in [-0.3, -0.25) is 9.59 Å². The third kappa shape index (κ3) is 3.69. The molecule has 2 aliphatic rings. The van der Waals surface area contributed by atoms with Crippen molar-refractivity contribution in [2.45, 2.75) is 31.2 Å². The summed E-state index contributed by atoms with van der Waals surface area (Å²) in [6, 6.07) is 6.11. The van der Waals surface area contributed by atoms with Crippen molar-refractivity contribution in [1.82, 2.24) is 9.80 Å². The van der Waals surface area contributed by atoms with Crippen LogP contribution in [0.2, 0.25) is 0 Å². The van der Waals surface area contributed by atoms with Crippen molar-refractivity contribution in [3.05, 3.63) is 35.6 Å².